The number of amides is 2. The first-order valence-corrected chi connectivity index (χ1v) is 4.59. The molecule has 0 aromatic heterocycles. The van der Waals surface area contributed by atoms with Gasteiger partial charge in [-0.2, -0.15) is 11.8 Å². The summed E-state index contributed by atoms with van der Waals surface area (Å²) in [5.74, 6) is 0.399. The minimum absolute atomic E-state index is 0.0684. The van der Waals surface area contributed by atoms with Gasteiger partial charge in [0, 0.05) is 12.3 Å². The second-order valence-electron chi connectivity index (χ2n) is 2.38. The zero-order chi connectivity index (χ0) is 8.43. The van der Waals surface area contributed by atoms with Crippen molar-refractivity contribution in [2.75, 3.05) is 18.6 Å². The van der Waals surface area contributed by atoms with E-state index >= 15 is 0 Å². The first-order chi connectivity index (χ1) is 5.16. The Balaban J connectivity index is 2.38. The Morgan fingerprint density at radius 2 is 2.55 bits per heavy atom. The summed E-state index contributed by atoms with van der Waals surface area (Å²) in [4.78, 5) is 22.0. The Kier molecular flexibility index (Phi) is 2.38. The Morgan fingerprint density at radius 1 is 1.91 bits per heavy atom. The summed E-state index contributed by atoms with van der Waals surface area (Å²) in [6, 6.07) is 0. The van der Waals surface area contributed by atoms with Crippen molar-refractivity contribution in [2.24, 2.45) is 5.92 Å². The fourth-order valence-electron chi connectivity index (χ4n) is 0.994. The molecule has 5 heteroatoms. The number of likely N-dealkylation sites (tertiary alicyclic amines) is 1. The molecule has 0 aromatic rings. The highest BCUT2D eigenvalue weighted by Gasteiger charge is 2.40. The van der Waals surface area contributed by atoms with Crippen molar-refractivity contribution in [1.82, 2.24) is 4.90 Å². The summed E-state index contributed by atoms with van der Waals surface area (Å²) in [6.45, 7) is 0.370. The lowest BCUT2D eigenvalue weighted by Crippen LogP contribution is -2.55. The Morgan fingerprint density at radius 3 is 2.91 bits per heavy atom. The summed E-state index contributed by atoms with van der Waals surface area (Å²) >= 11 is 1.56. The third-order valence-electron chi connectivity index (χ3n) is 1.62. The van der Waals surface area contributed by atoms with E-state index in [1.54, 1.807) is 11.8 Å². The summed E-state index contributed by atoms with van der Waals surface area (Å²) in [5, 5.41) is 8.39. The van der Waals surface area contributed by atoms with Crippen LogP contribution in [-0.2, 0) is 4.79 Å². The molecule has 4 nitrogen and oxygen atoms in total. The van der Waals surface area contributed by atoms with E-state index in [0.29, 0.717) is 6.54 Å². The van der Waals surface area contributed by atoms with Gasteiger partial charge in [0.05, 0.1) is 5.92 Å². The largest absolute Gasteiger partial charge is 0.465 e. The zero-order valence-electron chi connectivity index (χ0n) is 6.11. The molecule has 0 radical (unpaired) electrons. The van der Waals surface area contributed by atoms with Crippen LogP contribution in [0.3, 0.4) is 0 Å². The molecule has 1 saturated heterocycles. The SMILES string of the molecule is CSC[C@@H]1CN(C(=O)O)C1=O. The lowest BCUT2D eigenvalue weighted by molar-refractivity contribution is -0.142. The molecule has 1 N–H and O–H groups in total. The van der Waals surface area contributed by atoms with Crippen LogP contribution in [-0.4, -0.2) is 40.6 Å². The van der Waals surface area contributed by atoms with Crippen LogP contribution in [0.2, 0.25) is 0 Å². The van der Waals surface area contributed by atoms with Crippen LogP contribution in [0.1, 0.15) is 0 Å². The molecule has 1 heterocycles. The van der Waals surface area contributed by atoms with Crippen molar-refractivity contribution >= 4 is 23.8 Å². The van der Waals surface area contributed by atoms with Crippen molar-refractivity contribution in [3.05, 3.63) is 0 Å². The van der Waals surface area contributed by atoms with E-state index in [0.717, 1.165) is 10.7 Å². The molecule has 1 atom stereocenters. The highest BCUT2D eigenvalue weighted by molar-refractivity contribution is 7.98. The van der Waals surface area contributed by atoms with Gasteiger partial charge in [0.1, 0.15) is 0 Å². The Labute approximate surface area is 68.6 Å². The first-order valence-electron chi connectivity index (χ1n) is 3.20. The van der Waals surface area contributed by atoms with Crippen LogP contribution >= 0.6 is 11.8 Å². The van der Waals surface area contributed by atoms with E-state index in [4.69, 9.17) is 5.11 Å². The van der Waals surface area contributed by atoms with E-state index in [2.05, 4.69) is 0 Å². The van der Waals surface area contributed by atoms with Gasteiger partial charge in [-0.05, 0) is 6.26 Å². The van der Waals surface area contributed by atoms with Gasteiger partial charge in [0.2, 0.25) is 5.91 Å². The van der Waals surface area contributed by atoms with Gasteiger partial charge >= 0.3 is 6.09 Å². The molecule has 2 amide bonds. The number of hydrogen-bond acceptors (Lipinski definition) is 3. The molecule has 0 saturated carbocycles. The maximum Gasteiger partial charge on any atom is 0.414 e. The van der Waals surface area contributed by atoms with Crippen molar-refractivity contribution < 1.29 is 14.7 Å². The van der Waals surface area contributed by atoms with Crippen molar-refractivity contribution in [1.29, 1.82) is 0 Å². The highest BCUT2D eigenvalue weighted by Crippen LogP contribution is 2.20. The molecular weight excluding hydrogens is 166 g/mol. The predicted octanol–water partition coefficient (Wildman–Crippen LogP) is 0.486. The number of carboxylic acid groups (broad SMARTS) is 1. The molecule has 1 fully saturated rings. The number of thioether (sulfide) groups is 1. The molecule has 1 aliphatic rings. The number of carbonyl (C=O) groups excluding carboxylic acids is 1. The average molecular weight is 175 g/mol. The first kappa shape index (κ1) is 8.39. The second kappa shape index (κ2) is 3.13. The molecule has 1 rings (SSSR count). The number of carbonyl (C=O) groups is 2. The van der Waals surface area contributed by atoms with Crippen molar-refractivity contribution in [3.8, 4) is 0 Å². The minimum atomic E-state index is -1.13. The summed E-state index contributed by atoms with van der Waals surface area (Å²) < 4.78 is 0. The standard InChI is InChI=1S/C6H9NO3S/c1-11-3-4-2-7(5(4)8)6(9)10/h4H,2-3H2,1H3,(H,9,10)/t4-/m0/s1. The van der Waals surface area contributed by atoms with Gasteiger partial charge in [0.25, 0.3) is 0 Å². The van der Waals surface area contributed by atoms with Crippen LogP contribution in [0.25, 0.3) is 0 Å². The van der Waals surface area contributed by atoms with Crippen LogP contribution < -0.4 is 0 Å². The van der Waals surface area contributed by atoms with Gasteiger partial charge < -0.3 is 5.11 Å². The normalized spacial score (nSPS) is 23.2. The van der Waals surface area contributed by atoms with Gasteiger partial charge in [-0.1, -0.05) is 0 Å². The van der Waals surface area contributed by atoms with Crippen LogP contribution in [0.15, 0.2) is 0 Å². The highest BCUT2D eigenvalue weighted by atomic mass is 32.2. The maximum atomic E-state index is 10.9. The molecule has 0 spiro atoms. The summed E-state index contributed by atoms with van der Waals surface area (Å²) in [6.07, 6.45) is 0.767. The van der Waals surface area contributed by atoms with E-state index in [-0.39, 0.29) is 11.8 Å². The van der Waals surface area contributed by atoms with E-state index in [9.17, 15) is 9.59 Å². The van der Waals surface area contributed by atoms with Gasteiger partial charge in [-0.25, -0.2) is 9.69 Å². The van der Waals surface area contributed by atoms with E-state index in [1.165, 1.54) is 0 Å². The smallest absolute Gasteiger partial charge is 0.414 e. The topological polar surface area (TPSA) is 57.6 Å². The van der Waals surface area contributed by atoms with Gasteiger partial charge in [-0.3, -0.25) is 4.79 Å². The number of hydrogen-bond donors (Lipinski definition) is 1. The molecule has 0 bridgehead atoms. The molecule has 11 heavy (non-hydrogen) atoms. The fraction of sp³-hybridized carbons (Fsp3) is 0.667. The second-order valence-corrected chi connectivity index (χ2v) is 3.29. The quantitative estimate of drug-likeness (QED) is 0.620. The third-order valence-corrected chi connectivity index (χ3v) is 2.35. The molecule has 0 aliphatic carbocycles. The monoisotopic (exact) mass is 175 g/mol. The lowest BCUT2D eigenvalue weighted by Gasteiger charge is -2.33. The number of rotatable bonds is 2. The van der Waals surface area contributed by atoms with E-state index < -0.39 is 6.09 Å². The maximum absolute atomic E-state index is 10.9. The molecular formula is C6H9NO3S. The molecule has 62 valence electrons. The summed E-state index contributed by atoms with van der Waals surface area (Å²) in [5.41, 5.74) is 0. The Hall–Kier alpha value is -0.710. The number of β-lactam (4-membered cyclic amide) rings is 1. The number of nitrogens with zero attached hydrogens (tertiary/aromatic N) is 1. The molecule has 1 aliphatic heterocycles. The fourth-order valence-corrected chi connectivity index (χ4v) is 1.64. The van der Waals surface area contributed by atoms with Gasteiger partial charge in [0.15, 0.2) is 0 Å². The lowest BCUT2D eigenvalue weighted by atomic mass is 10.0. The van der Waals surface area contributed by atoms with Gasteiger partial charge in [-0.15, -0.1) is 0 Å². The third kappa shape index (κ3) is 1.48. The minimum Gasteiger partial charge on any atom is -0.465 e. The van der Waals surface area contributed by atoms with E-state index in [1.807, 2.05) is 6.26 Å². The average Bonchev–Trinajstić information content (AvgIpc) is 1.95. The molecule has 0 unspecified atom stereocenters. The zero-order valence-corrected chi connectivity index (χ0v) is 6.93. The van der Waals surface area contributed by atoms with Crippen LogP contribution in [0.5, 0.6) is 0 Å². The predicted molar refractivity (Wildman–Crippen MR) is 41.6 cm³/mol. The summed E-state index contributed by atoms with van der Waals surface area (Å²) in [7, 11) is 0. The van der Waals surface area contributed by atoms with Crippen LogP contribution in [0.4, 0.5) is 4.79 Å². The number of imide groups is 1. The molecule has 0 aromatic carbocycles. The van der Waals surface area contributed by atoms with Crippen LogP contribution in [0, 0.1) is 5.92 Å². The van der Waals surface area contributed by atoms with Crippen molar-refractivity contribution in [2.45, 2.75) is 0 Å². The Bertz CT molecular complexity index is 194. The van der Waals surface area contributed by atoms with Crippen molar-refractivity contribution in [3.63, 3.8) is 0 Å².